The minimum atomic E-state index is 0.189. The molecule has 86 valence electrons. The summed E-state index contributed by atoms with van der Waals surface area (Å²) in [7, 11) is 0. The van der Waals surface area contributed by atoms with Crippen molar-refractivity contribution in [1.29, 1.82) is 0 Å². The van der Waals surface area contributed by atoms with Crippen LogP contribution in [-0.2, 0) is 9.53 Å². The second kappa shape index (κ2) is 4.94. The van der Waals surface area contributed by atoms with Gasteiger partial charge in [0.05, 0.1) is 13.2 Å². The van der Waals surface area contributed by atoms with E-state index in [-0.39, 0.29) is 17.9 Å². The third-order valence-electron chi connectivity index (χ3n) is 3.26. The molecule has 2 fully saturated rings. The fraction of sp³-hybridized carbons (Fsp3) is 0.909. The van der Waals surface area contributed by atoms with Gasteiger partial charge < -0.3 is 15.4 Å². The quantitative estimate of drug-likeness (QED) is 0.697. The van der Waals surface area contributed by atoms with Gasteiger partial charge in [0.25, 0.3) is 0 Å². The van der Waals surface area contributed by atoms with Crippen molar-refractivity contribution in [2.24, 2.45) is 11.8 Å². The molecule has 1 saturated heterocycles. The highest BCUT2D eigenvalue weighted by atomic mass is 16.5. The Morgan fingerprint density at radius 3 is 3.00 bits per heavy atom. The lowest BCUT2D eigenvalue weighted by Crippen LogP contribution is -2.49. The average Bonchev–Trinajstić information content (AvgIpc) is 3.10. The van der Waals surface area contributed by atoms with Crippen LogP contribution in [0.3, 0.4) is 0 Å². The van der Waals surface area contributed by atoms with Gasteiger partial charge in [-0.2, -0.15) is 0 Å². The van der Waals surface area contributed by atoms with E-state index in [0.29, 0.717) is 19.1 Å². The second-order valence-corrected chi connectivity index (χ2v) is 4.60. The van der Waals surface area contributed by atoms with Crippen molar-refractivity contribution in [3.63, 3.8) is 0 Å². The molecule has 2 N–H and O–H groups in total. The van der Waals surface area contributed by atoms with Crippen LogP contribution < -0.4 is 10.6 Å². The molecule has 2 unspecified atom stereocenters. The third kappa shape index (κ3) is 3.18. The Morgan fingerprint density at radius 1 is 1.60 bits per heavy atom. The van der Waals surface area contributed by atoms with E-state index in [2.05, 4.69) is 10.6 Å². The van der Waals surface area contributed by atoms with Crippen LogP contribution in [0.25, 0.3) is 0 Å². The maximum Gasteiger partial charge on any atom is 0.223 e. The maximum absolute atomic E-state index is 11.7. The van der Waals surface area contributed by atoms with Gasteiger partial charge in [-0.15, -0.1) is 0 Å². The molecule has 0 radical (unpaired) electrons. The van der Waals surface area contributed by atoms with Crippen molar-refractivity contribution in [2.45, 2.75) is 25.8 Å². The summed E-state index contributed by atoms with van der Waals surface area (Å²) in [6.07, 6.45) is 2.44. The zero-order chi connectivity index (χ0) is 10.7. The number of rotatable bonds is 4. The summed E-state index contributed by atoms with van der Waals surface area (Å²) in [6.45, 7) is 5.09. The molecule has 0 bridgehead atoms. The van der Waals surface area contributed by atoms with E-state index in [4.69, 9.17) is 4.74 Å². The van der Waals surface area contributed by atoms with Gasteiger partial charge in [0.2, 0.25) is 5.91 Å². The lowest BCUT2D eigenvalue weighted by Gasteiger charge is -2.24. The summed E-state index contributed by atoms with van der Waals surface area (Å²) in [4.78, 5) is 11.7. The number of carbonyl (C=O) groups is 1. The summed E-state index contributed by atoms with van der Waals surface area (Å²) in [5.41, 5.74) is 0. The van der Waals surface area contributed by atoms with Crippen LogP contribution >= 0.6 is 0 Å². The summed E-state index contributed by atoms with van der Waals surface area (Å²) in [5, 5.41) is 6.31. The topological polar surface area (TPSA) is 50.4 Å². The van der Waals surface area contributed by atoms with Gasteiger partial charge in [-0.3, -0.25) is 4.79 Å². The molecule has 2 rings (SSSR count). The highest BCUT2D eigenvalue weighted by Crippen LogP contribution is 2.36. The first-order valence-electron chi connectivity index (χ1n) is 5.86. The summed E-state index contributed by atoms with van der Waals surface area (Å²) >= 11 is 0. The molecule has 4 heteroatoms. The maximum atomic E-state index is 11.7. The number of nitrogens with one attached hydrogen (secondary N) is 2. The number of morpholine rings is 1. The molecule has 0 aromatic rings. The molecule has 1 aliphatic heterocycles. The van der Waals surface area contributed by atoms with Gasteiger partial charge in [0, 0.05) is 25.0 Å². The van der Waals surface area contributed by atoms with Crippen LogP contribution in [0.15, 0.2) is 0 Å². The first-order chi connectivity index (χ1) is 7.27. The van der Waals surface area contributed by atoms with Gasteiger partial charge in [-0.1, -0.05) is 6.92 Å². The Morgan fingerprint density at radius 2 is 2.40 bits per heavy atom. The Labute approximate surface area is 90.8 Å². The molecule has 0 spiro atoms. The van der Waals surface area contributed by atoms with Crippen molar-refractivity contribution < 1.29 is 9.53 Å². The molecular weight excluding hydrogens is 192 g/mol. The van der Waals surface area contributed by atoms with Gasteiger partial charge >= 0.3 is 0 Å². The first kappa shape index (κ1) is 10.9. The van der Waals surface area contributed by atoms with Gasteiger partial charge in [-0.05, 0) is 18.8 Å². The Bertz CT molecular complexity index is 223. The Kier molecular flexibility index (Phi) is 3.59. The van der Waals surface area contributed by atoms with E-state index < -0.39 is 0 Å². The van der Waals surface area contributed by atoms with Crippen molar-refractivity contribution in [1.82, 2.24) is 10.6 Å². The van der Waals surface area contributed by atoms with E-state index in [1.165, 1.54) is 12.8 Å². The molecule has 1 amide bonds. The Balaban J connectivity index is 1.65. The minimum absolute atomic E-state index is 0.189. The second-order valence-electron chi connectivity index (χ2n) is 4.60. The smallest absolute Gasteiger partial charge is 0.223 e. The van der Waals surface area contributed by atoms with Gasteiger partial charge in [0.1, 0.15) is 0 Å². The first-order valence-corrected chi connectivity index (χ1v) is 5.86. The monoisotopic (exact) mass is 212 g/mol. The van der Waals surface area contributed by atoms with Gasteiger partial charge in [-0.25, -0.2) is 0 Å². The predicted molar refractivity (Wildman–Crippen MR) is 57.5 cm³/mol. The van der Waals surface area contributed by atoms with Crippen molar-refractivity contribution in [3.05, 3.63) is 0 Å². The van der Waals surface area contributed by atoms with Crippen LogP contribution in [0.1, 0.15) is 19.8 Å². The average molecular weight is 212 g/mol. The van der Waals surface area contributed by atoms with Crippen LogP contribution in [0, 0.1) is 11.8 Å². The highest BCUT2D eigenvalue weighted by molar-refractivity contribution is 5.78. The zero-order valence-corrected chi connectivity index (χ0v) is 9.29. The molecule has 1 aliphatic carbocycles. The molecule has 1 heterocycles. The van der Waals surface area contributed by atoms with E-state index in [9.17, 15) is 4.79 Å². The summed E-state index contributed by atoms with van der Waals surface area (Å²) in [5.74, 6) is 1.03. The molecule has 4 nitrogen and oxygen atoms in total. The van der Waals surface area contributed by atoms with Crippen LogP contribution in [0.2, 0.25) is 0 Å². The van der Waals surface area contributed by atoms with E-state index >= 15 is 0 Å². The number of amides is 1. The fourth-order valence-corrected chi connectivity index (χ4v) is 1.95. The Hall–Kier alpha value is -0.610. The molecule has 1 saturated carbocycles. The molecule has 2 atom stereocenters. The van der Waals surface area contributed by atoms with E-state index in [0.717, 1.165) is 13.2 Å². The number of carbonyl (C=O) groups excluding carboxylic acids is 1. The normalized spacial score (nSPS) is 28.5. The third-order valence-corrected chi connectivity index (χ3v) is 3.26. The standard InChI is InChI=1S/C11H20N2O2/c1-8(9-2-3-9)11(14)13-6-10-7-15-5-4-12-10/h8-10,12H,2-7H2,1H3,(H,13,14). The summed E-state index contributed by atoms with van der Waals surface area (Å²) < 4.78 is 5.32. The molecule has 2 aliphatic rings. The minimum Gasteiger partial charge on any atom is -0.378 e. The fourth-order valence-electron chi connectivity index (χ4n) is 1.95. The van der Waals surface area contributed by atoms with Crippen molar-refractivity contribution in [2.75, 3.05) is 26.3 Å². The van der Waals surface area contributed by atoms with Crippen LogP contribution in [0.5, 0.6) is 0 Å². The number of ether oxygens (including phenoxy) is 1. The predicted octanol–water partition coefficient (Wildman–Crippen LogP) is 0.137. The summed E-state index contributed by atoms with van der Waals surface area (Å²) in [6, 6.07) is 0.286. The lowest BCUT2D eigenvalue weighted by molar-refractivity contribution is -0.125. The number of hydrogen-bond acceptors (Lipinski definition) is 3. The van der Waals surface area contributed by atoms with Crippen LogP contribution in [0.4, 0.5) is 0 Å². The van der Waals surface area contributed by atoms with Crippen molar-refractivity contribution in [3.8, 4) is 0 Å². The van der Waals surface area contributed by atoms with E-state index in [1.807, 2.05) is 6.92 Å². The van der Waals surface area contributed by atoms with E-state index in [1.54, 1.807) is 0 Å². The zero-order valence-electron chi connectivity index (χ0n) is 9.29. The SMILES string of the molecule is CC(C(=O)NCC1COCCN1)C1CC1. The molecular formula is C11H20N2O2. The number of hydrogen-bond donors (Lipinski definition) is 2. The largest absolute Gasteiger partial charge is 0.378 e. The van der Waals surface area contributed by atoms with Crippen LogP contribution in [-0.4, -0.2) is 38.3 Å². The molecule has 0 aromatic carbocycles. The lowest BCUT2D eigenvalue weighted by atomic mass is 10.1. The van der Waals surface area contributed by atoms with Gasteiger partial charge in [0.15, 0.2) is 0 Å². The molecule has 15 heavy (non-hydrogen) atoms. The molecule has 0 aromatic heterocycles. The highest BCUT2D eigenvalue weighted by Gasteiger charge is 2.32. The van der Waals surface area contributed by atoms with Crippen molar-refractivity contribution >= 4 is 5.91 Å².